The largest absolute Gasteiger partial charge is 0.947 e. The van der Waals surface area contributed by atoms with Gasteiger partial charge in [0.2, 0.25) is 0 Å². The van der Waals surface area contributed by atoms with Gasteiger partial charge in [0.25, 0.3) is 0 Å². The summed E-state index contributed by atoms with van der Waals surface area (Å²) in [6.45, 7) is 8.09. The van der Waals surface area contributed by atoms with Crippen LogP contribution in [0.2, 0.25) is 0 Å². The minimum Gasteiger partial charge on any atom is -0.609 e. The first kappa shape index (κ1) is 22.4. The summed E-state index contributed by atoms with van der Waals surface area (Å²) in [5, 5.41) is 0. The van der Waals surface area contributed by atoms with Gasteiger partial charge in [0.05, 0.1) is 23.6 Å². The van der Waals surface area contributed by atoms with Gasteiger partial charge >= 0.3 is 15.0 Å². The molecule has 1 aliphatic heterocycles. The van der Waals surface area contributed by atoms with Gasteiger partial charge in [-0.1, -0.05) is 29.1 Å². The molecule has 0 N–H and O–H groups in total. The quantitative estimate of drug-likeness (QED) is 0.239. The van der Waals surface area contributed by atoms with Crippen LogP contribution >= 0.6 is 0 Å². The first-order valence-electron chi connectivity index (χ1n) is 11.1. The molecular weight excluding hydrogens is 417 g/mol. The zero-order chi connectivity index (χ0) is 22.7. The molecule has 1 aliphatic carbocycles. The number of nitrogens with zero attached hydrogens (tertiary/aromatic N) is 5. The molecule has 0 bridgehead atoms. The molecule has 0 spiro atoms. The van der Waals surface area contributed by atoms with Gasteiger partial charge < -0.3 is 7.58 Å². The van der Waals surface area contributed by atoms with E-state index in [0.717, 1.165) is 59.1 Å². The third-order valence-corrected chi connectivity index (χ3v) is 7.15. The Morgan fingerprint density at radius 2 is 1.31 bits per heavy atom. The van der Waals surface area contributed by atoms with E-state index in [1.54, 1.807) is 0 Å². The van der Waals surface area contributed by atoms with E-state index in [0.29, 0.717) is 11.5 Å². The summed E-state index contributed by atoms with van der Waals surface area (Å²) in [6, 6.07) is 8.49. The van der Waals surface area contributed by atoms with E-state index in [4.69, 9.17) is 17.6 Å². The van der Waals surface area contributed by atoms with E-state index in [1.165, 1.54) is 0 Å². The second-order valence-corrected chi connectivity index (χ2v) is 10.0. The molecule has 32 heavy (non-hydrogen) atoms. The first-order chi connectivity index (χ1) is 15.4. The summed E-state index contributed by atoms with van der Waals surface area (Å²) in [7, 11) is 0. The monoisotopic (exact) mass is 445 g/mol. The molecule has 2 aromatic carbocycles. The summed E-state index contributed by atoms with van der Waals surface area (Å²) < 4.78 is 16.5. The molecule has 0 saturated heterocycles. The number of hydrogen-bond acceptors (Lipinski definition) is 5. The van der Waals surface area contributed by atoms with Gasteiger partial charge in [-0.15, -0.1) is 0 Å². The highest BCUT2D eigenvalue weighted by atomic mass is 27.2. The fourth-order valence-corrected chi connectivity index (χ4v) is 5.87. The summed E-state index contributed by atoms with van der Waals surface area (Å²) in [5.41, 5.74) is 15.1. The molecule has 0 aromatic heterocycles. The van der Waals surface area contributed by atoms with Crippen LogP contribution in [0.4, 0.5) is 0 Å². The second kappa shape index (κ2) is 9.79. The van der Waals surface area contributed by atoms with E-state index in [2.05, 4.69) is 47.1 Å². The lowest BCUT2D eigenvalue weighted by atomic mass is 9.91. The lowest BCUT2D eigenvalue weighted by Gasteiger charge is -2.25. The van der Waals surface area contributed by atoms with Gasteiger partial charge in [0.15, 0.2) is 0 Å². The average Bonchev–Trinajstić information content (AvgIpc) is 2.75. The smallest absolute Gasteiger partial charge is 0.609 e. The number of rotatable bonds is 1. The van der Waals surface area contributed by atoms with Crippen molar-refractivity contribution in [2.75, 3.05) is 0 Å². The molecular formula is C24H28AlN5O2. The zero-order valence-electron chi connectivity index (χ0n) is 19.1. The number of hydrogen-bond donors (Lipinski definition) is 0. The molecule has 7 nitrogen and oxygen atoms in total. The second-order valence-electron chi connectivity index (χ2n) is 8.72. The molecule has 2 aliphatic rings. The average molecular weight is 446 g/mol. The topological polar surface area (TPSA) is 91.9 Å². The highest BCUT2D eigenvalue weighted by molar-refractivity contribution is 6.44. The molecule has 1 heterocycles. The maximum Gasteiger partial charge on any atom is 0.947 e. The lowest BCUT2D eigenvalue weighted by molar-refractivity contribution is 0.390. The van der Waals surface area contributed by atoms with Crippen molar-refractivity contribution < 1.29 is 7.58 Å². The standard InChI is InChI=1S/C24H30N2O2.Al.N3/c1-15-9-17(3)23(27)19(11-15)13-25-21-7-5-6-8-22(21)26-14-20-12-16(2)10-18(4)24(20)28;;1-3-2/h9-14,21-22,27-28H,5-8H2,1-4H3;;/q;+3;-1/p-2/t21-,22-;;/m1../s1. The van der Waals surface area contributed by atoms with Crippen molar-refractivity contribution in [3.8, 4) is 11.5 Å². The summed E-state index contributed by atoms with van der Waals surface area (Å²) in [6.07, 6.45) is 8.16. The minimum absolute atomic E-state index is 0.134. The van der Waals surface area contributed by atoms with Crippen LogP contribution in [0.15, 0.2) is 38.3 Å². The van der Waals surface area contributed by atoms with Crippen LogP contribution in [0, 0.1) is 27.7 Å². The van der Waals surface area contributed by atoms with Crippen molar-refractivity contribution in [3.63, 3.8) is 0 Å². The van der Waals surface area contributed by atoms with Crippen LogP contribution in [0.3, 0.4) is 0 Å². The van der Waals surface area contributed by atoms with Gasteiger partial charge in [-0.05, 0) is 85.4 Å². The molecule has 2 atom stereocenters. The third-order valence-electron chi connectivity index (χ3n) is 5.98. The number of fused-ring (bicyclic) bond motifs is 3. The Hall–Kier alpha value is -2.78. The van der Waals surface area contributed by atoms with Crippen LogP contribution in [0.5, 0.6) is 11.5 Å². The molecule has 8 heteroatoms. The molecule has 0 radical (unpaired) electrons. The number of azide groups is 1. The van der Waals surface area contributed by atoms with Gasteiger partial charge in [-0.3, -0.25) is 9.98 Å². The SMILES string of the molecule is Cc1cc(C)c2c(c1)C=N[C@@H]1CCCC[C@H]1N=Cc1cc(C)cc(C)c1[O][Al]([N]=[N+]=[N-])[O]2. The number of aliphatic imine (C=N–C) groups is 2. The van der Waals surface area contributed by atoms with Crippen molar-refractivity contribution in [1.29, 1.82) is 0 Å². The lowest BCUT2D eigenvalue weighted by Crippen LogP contribution is -2.29. The maximum absolute atomic E-state index is 9.20. The Kier molecular flexibility index (Phi) is 6.86. The Morgan fingerprint density at radius 3 is 1.75 bits per heavy atom. The fourth-order valence-electron chi connectivity index (χ4n) is 4.59. The molecule has 4 rings (SSSR count). The number of aryl methyl sites for hydroxylation is 4. The van der Waals surface area contributed by atoms with E-state index >= 15 is 0 Å². The van der Waals surface area contributed by atoms with Gasteiger partial charge in [0.1, 0.15) is 0 Å². The van der Waals surface area contributed by atoms with Crippen LogP contribution in [-0.2, 0) is 0 Å². The van der Waals surface area contributed by atoms with E-state index in [-0.39, 0.29) is 12.1 Å². The molecule has 164 valence electrons. The first-order valence-corrected chi connectivity index (χ1v) is 12.6. The normalized spacial score (nSPS) is 20.2. The minimum atomic E-state index is -2.81. The van der Waals surface area contributed by atoms with Crippen molar-refractivity contribution in [2.45, 2.75) is 65.5 Å². The molecule has 2 aromatic rings. The molecule has 0 unspecified atom stereocenters. The van der Waals surface area contributed by atoms with Crippen molar-refractivity contribution in [3.05, 3.63) is 68.1 Å². The van der Waals surface area contributed by atoms with Crippen LogP contribution < -0.4 is 7.58 Å². The summed E-state index contributed by atoms with van der Waals surface area (Å²) >= 11 is -2.81. The Balaban J connectivity index is 1.88. The predicted octanol–water partition coefficient (Wildman–Crippen LogP) is 5.84. The maximum atomic E-state index is 9.20. The fraction of sp³-hybridized carbons (Fsp3) is 0.417. The highest BCUT2D eigenvalue weighted by Crippen LogP contribution is 2.31. The zero-order valence-corrected chi connectivity index (χ0v) is 20.2. The number of benzene rings is 2. The van der Waals surface area contributed by atoms with Gasteiger partial charge in [0, 0.05) is 23.6 Å². The third kappa shape index (κ3) is 4.99. The van der Waals surface area contributed by atoms with Gasteiger partial charge in [-0.2, -0.15) is 0 Å². The summed E-state index contributed by atoms with van der Waals surface area (Å²) in [5.74, 6) is 1.34. The summed E-state index contributed by atoms with van der Waals surface area (Å²) in [4.78, 5) is 12.9. The highest BCUT2D eigenvalue weighted by Gasteiger charge is 2.34. The predicted molar refractivity (Wildman–Crippen MR) is 129 cm³/mol. The van der Waals surface area contributed by atoms with E-state index < -0.39 is 15.0 Å². The molecule has 1 saturated carbocycles. The van der Waals surface area contributed by atoms with Gasteiger partial charge in [-0.25, -0.2) is 0 Å². The van der Waals surface area contributed by atoms with Crippen molar-refractivity contribution in [2.24, 2.45) is 14.1 Å². The Bertz CT molecular complexity index is 1040. The van der Waals surface area contributed by atoms with Crippen LogP contribution in [-0.4, -0.2) is 39.5 Å². The van der Waals surface area contributed by atoms with E-state index in [1.807, 2.05) is 26.3 Å². The molecule has 1 fully saturated rings. The van der Waals surface area contributed by atoms with Crippen LogP contribution in [0.1, 0.15) is 59.1 Å². The van der Waals surface area contributed by atoms with Crippen molar-refractivity contribution in [1.82, 2.24) is 0 Å². The van der Waals surface area contributed by atoms with Crippen LogP contribution in [0.25, 0.3) is 10.4 Å². The Labute approximate surface area is 194 Å². The molecule has 0 amide bonds. The Morgan fingerprint density at radius 1 is 0.844 bits per heavy atom. The van der Waals surface area contributed by atoms with Crippen molar-refractivity contribution >= 4 is 27.5 Å². The van der Waals surface area contributed by atoms with E-state index in [9.17, 15) is 5.53 Å².